The fourth-order valence-electron chi connectivity index (χ4n) is 4.23. The van der Waals surface area contributed by atoms with Gasteiger partial charge in [0.15, 0.2) is 5.96 Å². The van der Waals surface area contributed by atoms with Crippen LogP contribution in [0.25, 0.3) is 0 Å². The zero-order valence-corrected chi connectivity index (χ0v) is 18.2. The number of methoxy groups -OCH3 is 1. The van der Waals surface area contributed by atoms with Crippen LogP contribution < -0.4 is 15.4 Å². The van der Waals surface area contributed by atoms with Crippen molar-refractivity contribution in [1.29, 1.82) is 0 Å². The van der Waals surface area contributed by atoms with Crippen LogP contribution in [0.15, 0.2) is 27.7 Å². The molecule has 0 aromatic heterocycles. The number of piperidine rings is 1. The first-order chi connectivity index (χ1) is 13.2. The average Bonchev–Trinajstić information content (AvgIpc) is 3.22. The summed E-state index contributed by atoms with van der Waals surface area (Å²) in [5.74, 6) is 1.78. The summed E-state index contributed by atoms with van der Waals surface area (Å²) >= 11 is 3.54. The topological polar surface area (TPSA) is 48.9 Å². The van der Waals surface area contributed by atoms with Crippen molar-refractivity contribution in [2.24, 2.45) is 4.99 Å². The van der Waals surface area contributed by atoms with E-state index in [2.05, 4.69) is 44.5 Å². The monoisotopic (exact) mass is 436 g/mol. The Hall–Kier alpha value is -1.27. The summed E-state index contributed by atoms with van der Waals surface area (Å²) in [6.07, 6.45) is 8.02. The Labute approximate surface area is 172 Å². The van der Waals surface area contributed by atoms with Crippen molar-refractivity contribution in [3.8, 4) is 5.75 Å². The number of guanidine groups is 1. The largest absolute Gasteiger partial charge is 0.496 e. The van der Waals surface area contributed by atoms with Crippen LogP contribution in [0.3, 0.4) is 0 Å². The molecule has 0 amide bonds. The lowest BCUT2D eigenvalue weighted by Gasteiger charge is -2.36. The van der Waals surface area contributed by atoms with E-state index in [9.17, 15) is 0 Å². The highest BCUT2D eigenvalue weighted by molar-refractivity contribution is 9.10. The molecule has 1 aliphatic heterocycles. The van der Waals surface area contributed by atoms with E-state index in [0.717, 1.165) is 34.3 Å². The quantitative estimate of drug-likeness (QED) is 0.523. The molecule has 1 saturated heterocycles. The number of hydrogen-bond donors (Lipinski definition) is 2. The third kappa shape index (κ3) is 5.85. The van der Waals surface area contributed by atoms with E-state index in [-0.39, 0.29) is 0 Å². The highest BCUT2D eigenvalue weighted by atomic mass is 79.9. The van der Waals surface area contributed by atoms with Gasteiger partial charge in [-0.15, -0.1) is 0 Å². The summed E-state index contributed by atoms with van der Waals surface area (Å²) in [7, 11) is 1.71. The number of hydrogen-bond acceptors (Lipinski definition) is 3. The molecule has 0 spiro atoms. The van der Waals surface area contributed by atoms with Crippen LogP contribution in [-0.2, 0) is 6.54 Å². The van der Waals surface area contributed by atoms with Crippen LogP contribution in [0.1, 0.15) is 51.0 Å². The summed E-state index contributed by atoms with van der Waals surface area (Å²) in [6, 6.07) is 7.40. The smallest absolute Gasteiger partial charge is 0.191 e. The molecule has 0 atom stereocenters. The molecule has 0 radical (unpaired) electrons. The van der Waals surface area contributed by atoms with Crippen molar-refractivity contribution < 1.29 is 4.74 Å². The summed E-state index contributed by atoms with van der Waals surface area (Å²) in [5, 5.41) is 7.04. The zero-order chi connectivity index (χ0) is 19.1. The second kappa shape index (κ2) is 10.3. The molecule has 6 heteroatoms. The van der Waals surface area contributed by atoms with E-state index in [1.165, 1.54) is 51.6 Å². The van der Waals surface area contributed by atoms with Gasteiger partial charge in [0.2, 0.25) is 0 Å². The highest BCUT2D eigenvalue weighted by Crippen LogP contribution is 2.26. The van der Waals surface area contributed by atoms with Crippen molar-refractivity contribution in [3.63, 3.8) is 0 Å². The molecular weight excluding hydrogens is 404 g/mol. The van der Waals surface area contributed by atoms with Gasteiger partial charge in [-0.25, -0.2) is 4.99 Å². The van der Waals surface area contributed by atoms with E-state index in [4.69, 9.17) is 9.73 Å². The molecule has 0 bridgehead atoms. The van der Waals surface area contributed by atoms with Crippen LogP contribution in [-0.4, -0.2) is 49.7 Å². The number of ether oxygens (including phenoxy) is 1. The molecule has 2 N–H and O–H groups in total. The van der Waals surface area contributed by atoms with Gasteiger partial charge in [0, 0.05) is 41.8 Å². The zero-order valence-electron chi connectivity index (χ0n) is 16.6. The molecule has 150 valence electrons. The van der Waals surface area contributed by atoms with Crippen LogP contribution in [0.2, 0.25) is 0 Å². The normalized spacial score (nSPS) is 20.0. The minimum absolute atomic E-state index is 0.504. The minimum atomic E-state index is 0.504. The Morgan fingerprint density at radius 1 is 1.22 bits per heavy atom. The van der Waals surface area contributed by atoms with E-state index >= 15 is 0 Å². The number of rotatable bonds is 6. The second-order valence-electron chi connectivity index (χ2n) is 7.54. The minimum Gasteiger partial charge on any atom is -0.496 e. The van der Waals surface area contributed by atoms with Gasteiger partial charge in [0.05, 0.1) is 13.7 Å². The lowest BCUT2D eigenvalue weighted by Crippen LogP contribution is -2.50. The number of nitrogens with zero attached hydrogens (tertiary/aromatic N) is 2. The molecule has 0 unspecified atom stereocenters. The fraction of sp³-hybridized carbons (Fsp3) is 0.667. The Kier molecular flexibility index (Phi) is 7.82. The maximum atomic E-state index is 5.47. The molecule has 1 heterocycles. The molecule has 27 heavy (non-hydrogen) atoms. The molecule has 1 saturated carbocycles. The first-order valence-corrected chi connectivity index (χ1v) is 11.1. The number of aliphatic imine (C=N–C) groups is 1. The van der Waals surface area contributed by atoms with Gasteiger partial charge >= 0.3 is 0 Å². The average molecular weight is 437 g/mol. The van der Waals surface area contributed by atoms with E-state index < -0.39 is 0 Å². The molecule has 1 aliphatic carbocycles. The highest BCUT2D eigenvalue weighted by Gasteiger charge is 2.27. The maximum absolute atomic E-state index is 5.47. The van der Waals surface area contributed by atoms with Gasteiger partial charge < -0.3 is 20.3 Å². The van der Waals surface area contributed by atoms with Crippen molar-refractivity contribution in [2.75, 3.05) is 26.7 Å². The summed E-state index contributed by atoms with van der Waals surface area (Å²) in [4.78, 5) is 7.51. The third-order valence-electron chi connectivity index (χ3n) is 5.71. The fourth-order valence-corrected chi connectivity index (χ4v) is 4.64. The maximum Gasteiger partial charge on any atom is 0.191 e. The van der Waals surface area contributed by atoms with Gasteiger partial charge in [-0.2, -0.15) is 0 Å². The molecule has 2 fully saturated rings. The molecule has 1 aromatic carbocycles. The molecular formula is C21H33BrN4O. The van der Waals surface area contributed by atoms with Crippen molar-refractivity contribution in [3.05, 3.63) is 28.2 Å². The van der Waals surface area contributed by atoms with Gasteiger partial charge in [-0.1, -0.05) is 28.8 Å². The molecule has 5 nitrogen and oxygen atoms in total. The Bertz CT molecular complexity index is 623. The number of halogens is 1. The van der Waals surface area contributed by atoms with Gasteiger partial charge in [0.25, 0.3) is 0 Å². The lowest BCUT2D eigenvalue weighted by atomic mass is 10.0. The SMILES string of the molecule is CCNC(=NCc1cc(Br)ccc1OC)NC1CCN(C2CCCC2)CC1. The summed E-state index contributed by atoms with van der Waals surface area (Å²) in [5.41, 5.74) is 1.08. The predicted molar refractivity (Wildman–Crippen MR) is 115 cm³/mol. The van der Waals surface area contributed by atoms with Crippen molar-refractivity contribution in [2.45, 2.75) is 64.1 Å². The van der Waals surface area contributed by atoms with Gasteiger partial charge in [0.1, 0.15) is 5.75 Å². The first-order valence-electron chi connectivity index (χ1n) is 10.3. The van der Waals surface area contributed by atoms with Gasteiger partial charge in [-0.05, 0) is 50.8 Å². The van der Waals surface area contributed by atoms with Crippen LogP contribution >= 0.6 is 15.9 Å². The summed E-state index contributed by atoms with van der Waals surface area (Å²) < 4.78 is 6.51. The third-order valence-corrected chi connectivity index (χ3v) is 6.20. The number of benzene rings is 1. The van der Waals surface area contributed by atoms with Crippen LogP contribution in [0, 0.1) is 0 Å². The lowest BCUT2D eigenvalue weighted by molar-refractivity contribution is 0.150. The molecule has 1 aromatic rings. The van der Waals surface area contributed by atoms with Crippen LogP contribution in [0.4, 0.5) is 0 Å². The van der Waals surface area contributed by atoms with Crippen molar-refractivity contribution >= 4 is 21.9 Å². The summed E-state index contributed by atoms with van der Waals surface area (Å²) in [6.45, 7) is 5.99. The Morgan fingerprint density at radius 3 is 2.63 bits per heavy atom. The number of likely N-dealkylation sites (tertiary alicyclic amines) is 1. The standard InChI is InChI=1S/C21H33BrN4O/c1-3-23-21(24-15-16-14-17(22)8-9-20(16)27-2)25-18-10-12-26(13-11-18)19-6-4-5-7-19/h8-9,14,18-19H,3-7,10-13,15H2,1-2H3,(H2,23,24,25). The van der Waals surface area contributed by atoms with Crippen LogP contribution in [0.5, 0.6) is 5.75 Å². The van der Waals surface area contributed by atoms with Gasteiger partial charge in [-0.3, -0.25) is 0 Å². The van der Waals surface area contributed by atoms with E-state index in [1.54, 1.807) is 7.11 Å². The van der Waals surface area contributed by atoms with Crippen molar-refractivity contribution in [1.82, 2.24) is 15.5 Å². The molecule has 3 rings (SSSR count). The van der Waals surface area contributed by atoms with E-state index in [0.29, 0.717) is 12.6 Å². The number of nitrogens with one attached hydrogen (secondary N) is 2. The Morgan fingerprint density at radius 2 is 1.96 bits per heavy atom. The molecule has 2 aliphatic rings. The Balaban J connectivity index is 1.56. The predicted octanol–water partition coefficient (Wildman–Crippen LogP) is 3.92. The first kappa shape index (κ1) is 20.5. The second-order valence-corrected chi connectivity index (χ2v) is 8.46. The van der Waals surface area contributed by atoms with E-state index in [1.807, 2.05) is 12.1 Å².